The molecular formula is C16H32N2. The summed E-state index contributed by atoms with van der Waals surface area (Å²) in [6, 6.07) is 0.747. The van der Waals surface area contributed by atoms with Gasteiger partial charge in [-0.2, -0.15) is 0 Å². The summed E-state index contributed by atoms with van der Waals surface area (Å²) < 4.78 is 0. The standard InChI is InChI=1S/C16H32N2/c1-13(2)10-18-11-15(17-12-16(18,3)4)14-8-6-5-7-9-14/h13-15,17H,5-12H2,1-4H3. The largest absolute Gasteiger partial charge is 0.311 e. The molecule has 18 heavy (non-hydrogen) atoms. The zero-order chi connectivity index (χ0) is 13.2. The van der Waals surface area contributed by atoms with E-state index in [4.69, 9.17) is 0 Å². The molecule has 0 aromatic heterocycles. The van der Waals surface area contributed by atoms with E-state index in [9.17, 15) is 0 Å². The van der Waals surface area contributed by atoms with Crippen LogP contribution in [0.25, 0.3) is 0 Å². The Bertz CT molecular complexity index is 254. The highest BCUT2D eigenvalue weighted by Crippen LogP contribution is 2.30. The fraction of sp³-hybridized carbons (Fsp3) is 1.00. The van der Waals surface area contributed by atoms with Gasteiger partial charge in [-0.15, -0.1) is 0 Å². The van der Waals surface area contributed by atoms with Gasteiger partial charge in [0.2, 0.25) is 0 Å². The maximum absolute atomic E-state index is 3.84. The molecule has 1 aliphatic carbocycles. The minimum Gasteiger partial charge on any atom is -0.311 e. The van der Waals surface area contributed by atoms with Crippen LogP contribution in [-0.2, 0) is 0 Å². The average molecular weight is 252 g/mol. The van der Waals surface area contributed by atoms with Crippen molar-refractivity contribution in [1.82, 2.24) is 10.2 Å². The Kier molecular flexibility index (Phi) is 4.71. The third-order valence-corrected chi connectivity index (χ3v) is 4.87. The van der Waals surface area contributed by atoms with Crippen molar-refractivity contribution in [3.63, 3.8) is 0 Å². The van der Waals surface area contributed by atoms with E-state index in [-0.39, 0.29) is 0 Å². The molecule has 1 unspecified atom stereocenters. The van der Waals surface area contributed by atoms with E-state index in [0.717, 1.165) is 24.4 Å². The first-order valence-electron chi connectivity index (χ1n) is 7.97. The van der Waals surface area contributed by atoms with E-state index in [1.807, 2.05) is 0 Å². The van der Waals surface area contributed by atoms with Gasteiger partial charge < -0.3 is 5.32 Å². The molecule has 1 saturated carbocycles. The van der Waals surface area contributed by atoms with Crippen molar-refractivity contribution in [3.8, 4) is 0 Å². The molecule has 2 rings (SSSR count). The lowest BCUT2D eigenvalue weighted by atomic mass is 9.81. The van der Waals surface area contributed by atoms with Gasteiger partial charge in [-0.05, 0) is 38.5 Å². The topological polar surface area (TPSA) is 15.3 Å². The Morgan fingerprint density at radius 1 is 1.17 bits per heavy atom. The van der Waals surface area contributed by atoms with Crippen LogP contribution < -0.4 is 5.32 Å². The van der Waals surface area contributed by atoms with Gasteiger partial charge in [-0.25, -0.2) is 0 Å². The van der Waals surface area contributed by atoms with Gasteiger partial charge in [0.25, 0.3) is 0 Å². The summed E-state index contributed by atoms with van der Waals surface area (Å²) in [5.74, 6) is 1.71. The molecule has 0 bridgehead atoms. The summed E-state index contributed by atoms with van der Waals surface area (Å²) in [4.78, 5) is 2.73. The molecule has 106 valence electrons. The predicted octanol–water partition coefficient (Wildman–Crippen LogP) is 3.28. The van der Waals surface area contributed by atoms with Crippen LogP contribution in [0.3, 0.4) is 0 Å². The molecule has 2 heteroatoms. The summed E-state index contributed by atoms with van der Waals surface area (Å²) in [5, 5.41) is 3.84. The summed E-state index contributed by atoms with van der Waals surface area (Å²) in [7, 11) is 0. The molecular weight excluding hydrogens is 220 g/mol. The van der Waals surface area contributed by atoms with Crippen molar-refractivity contribution in [1.29, 1.82) is 0 Å². The molecule has 2 fully saturated rings. The van der Waals surface area contributed by atoms with Crippen molar-refractivity contribution in [3.05, 3.63) is 0 Å². The first-order chi connectivity index (χ1) is 8.49. The minimum atomic E-state index is 0.329. The SMILES string of the molecule is CC(C)CN1CC(C2CCCCC2)NCC1(C)C. The monoisotopic (exact) mass is 252 g/mol. The van der Waals surface area contributed by atoms with Crippen LogP contribution in [0.15, 0.2) is 0 Å². The molecule has 2 nitrogen and oxygen atoms in total. The summed E-state index contributed by atoms with van der Waals surface area (Å²) in [6.07, 6.45) is 7.28. The highest BCUT2D eigenvalue weighted by Gasteiger charge is 2.37. The van der Waals surface area contributed by atoms with Gasteiger partial charge in [0.1, 0.15) is 0 Å². The predicted molar refractivity (Wildman–Crippen MR) is 78.9 cm³/mol. The van der Waals surface area contributed by atoms with Gasteiger partial charge in [0.05, 0.1) is 0 Å². The van der Waals surface area contributed by atoms with E-state index in [2.05, 4.69) is 37.9 Å². The van der Waals surface area contributed by atoms with Crippen molar-refractivity contribution >= 4 is 0 Å². The molecule has 0 aromatic rings. The normalized spacial score (nSPS) is 30.8. The third kappa shape index (κ3) is 3.48. The molecule has 1 N–H and O–H groups in total. The lowest BCUT2D eigenvalue weighted by Gasteiger charge is -2.49. The number of rotatable bonds is 3. The van der Waals surface area contributed by atoms with Crippen LogP contribution in [0, 0.1) is 11.8 Å². The molecule has 1 heterocycles. The van der Waals surface area contributed by atoms with Gasteiger partial charge in [0, 0.05) is 31.2 Å². The van der Waals surface area contributed by atoms with Crippen molar-refractivity contribution in [2.45, 2.75) is 71.4 Å². The molecule has 0 spiro atoms. The highest BCUT2D eigenvalue weighted by atomic mass is 15.3. The number of hydrogen-bond donors (Lipinski definition) is 1. The maximum atomic E-state index is 3.84. The van der Waals surface area contributed by atoms with Crippen LogP contribution in [0.1, 0.15) is 59.8 Å². The quantitative estimate of drug-likeness (QED) is 0.829. The molecule has 1 atom stereocenters. The second-order valence-electron chi connectivity index (χ2n) is 7.50. The Morgan fingerprint density at radius 3 is 2.44 bits per heavy atom. The summed E-state index contributed by atoms with van der Waals surface area (Å²) in [6.45, 7) is 13.1. The highest BCUT2D eigenvalue weighted by molar-refractivity contribution is 4.95. The van der Waals surface area contributed by atoms with E-state index >= 15 is 0 Å². The van der Waals surface area contributed by atoms with E-state index in [1.165, 1.54) is 45.2 Å². The van der Waals surface area contributed by atoms with E-state index < -0.39 is 0 Å². The Morgan fingerprint density at radius 2 is 1.83 bits per heavy atom. The van der Waals surface area contributed by atoms with Crippen LogP contribution in [-0.4, -0.2) is 36.1 Å². The number of nitrogens with one attached hydrogen (secondary N) is 1. The molecule has 1 aliphatic heterocycles. The fourth-order valence-corrected chi connectivity index (χ4v) is 3.66. The van der Waals surface area contributed by atoms with Gasteiger partial charge >= 0.3 is 0 Å². The first kappa shape index (κ1) is 14.3. The smallest absolute Gasteiger partial charge is 0.0278 e. The first-order valence-corrected chi connectivity index (χ1v) is 7.97. The molecule has 0 radical (unpaired) electrons. The maximum Gasteiger partial charge on any atom is 0.0278 e. The van der Waals surface area contributed by atoms with Crippen molar-refractivity contribution in [2.24, 2.45) is 11.8 Å². The van der Waals surface area contributed by atoms with Crippen molar-refractivity contribution in [2.75, 3.05) is 19.6 Å². The van der Waals surface area contributed by atoms with Crippen LogP contribution in [0.2, 0.25) is 0 Å². The second-order valence-corrected chi connectivity index (χ2v) is 7.50. The average Bonchev–Trinajstić information content (AvgIpc) is 2.32. The summed E-state index contributed by atoms with van der Waals surface area (Å²) in [5.41, 5.74) is 0.329. The van der Waals surface area contributed by atoms with Gasteiger partial charge in [-0.3, -0.25) is 4.90 Å². The summed E-state index contributed by atoms with van der Waals surface area (Å²) >= 11 is 0. The molecule has 0 amide bonds. The third-order valence-electron chi connectivity index (χ3n) is 4.87. The zero-order valence-electron chi connectivity index (χ0n) is 12.8. The molecule has 1 saturated heterocycles. The number of hydrogen-bond acceptors (Lipinski definition) is 2. The Balaban J connectivity index is 1.95. The van der Waals surface area contributed by atoms with E-state index in [1.54, 1.807) is 0 Å². The Hall–Kier alpha value is -0.0800. The minimum absolute atomic E-state index is 0.329. The van der Waals surface area contributed by atoms with Crippen LogP contribution >= 0.6 is 0 Å². The number of piperazine rings is 1. The van der Waals surface area contributed by atoms with Crippen LogP contribution in [0.4, 0.5) is 0 Å². The van der Waals surface area contributed by atoms with Crippen molar-refractivity contribution < 1.29 is 0 Å². The van der Waals surface area contributed by atoms with E-state index in [0.29, 0.717) is 5.54 Å². The molecule has 2 aliphatic rings. The van der Waals surface area contributed by atoms with Gasteiger partial charge in [-0.1, -0.05) is 33.1 Å². The lowest BCUT2D eigenvalue weighted by molar-refractivity contribution is 0.0350. The van der Waals surface area contributed by atoms with Crippen LogP contribution in [0.5, 0.6) is 0 Å². The fourth-order valence-electron chi connectivity index (χ4n) is 3.66. The lowest BCUT2D eigenvalue weighted by Crippen LogP contribution is -2.64. The Labute approximate surface area is 114 Å². The number of nitrogens with zero attached hydrogens (tertiary/aromatic N) is 1. The zero-order valence-corrected chi connectivity index (χ0v) is 12.8. The van der Waals surface area contributed by atoms with Gasteiger partial charge in [0.15, 0.2) is 0 Å². The second kappa shape index (κ2) is 5.92. The molecule has 0 aromatic carbocycles.